The molecule has 128 valence electrons. The summed E-state index contributed by atoms with van der Waals surface area (Å²) in [4.78, 5) is 16.7. The minimum Gasteiger partial charge on any atom is -0.338 e. The van der Waals surface area contributed by atoms with Crippen molar-refractivity contribution in [2.45, 2.75) is 31.8 Å². The summed E-state index contributed by atoms with van der Waals surface area (Å²) in [5.41, 5.74) is 3.82. The van der Waals surface area contributed by atoms with Crippen LogP contribution in [0.5, 0.6) is 0 Å². The molecule has 24 heavy (non-hydrogen) atoms. The van der Waals surface area contributed by atoms with Crippen LogP contribution in [0.3, 0.4) is 0 Å². The fourth-order valence-electron chi connectivity index (χ4n) is 3.57. The van der Waals surface area contributed by atoms with Crippen LogP contribution < -0.4 is 0 Å². The highest BCUT2D eigenvalue weighted by atomic mass is 16.2. The van der Waals surface area contributed by atoms with E-state index in [2.05, 4.69) is 29.4 Å². The molecule has 0 saturated carbocycles. The lowest BCUT2D eigenvalue weighted by molar-refractivity contribution is -0.133. The van der Waals surface area contributed by atoms with E-state index in [0.29, 0.717) is 6.54 Å². The zero-order valence-electron chi connectivity index (χ0n) is 14.8. The van der Waals surface area contributed by atoms with Gasteiger partial charge in [-0.2, -0.15) is 5.10 Å². The summed E-state index contributed by atoms with van der Waals surface area (Å²) in [6.07, 6.45) is 7.15. The molecule has 1 aliphatic carbocycles. The second-order valence-corrected chi connectivity index (χ2v) is 6.81. The maximum absolute atomic E-state index is 12.7. The number of nitrogens with zero attached hydrogens (tertiary/aromatic N) is 4. The third kappa shape index (κ3) is 3.67. The number of carbonyl (C=O) groups is 1. The number of hydrogen-bond acceptors (Lipinski definition) is 3. The van der Waals surface area contributed by atoms with E-state index >= 15 is 0 Å². The second kappa shape index (κ2) is 7.18. The molecule has 1 unspecified atom stereocenters. The Morgan fingerprint density at radius 1 is 1.33 bits per heavy atom. The van der Waals surface area contributed by atoms with E-state index in [1.165, 1.54) is 11.1 Å². The van der Waals surface area contributed by atoms with E-state index in [4.69, 9.17) is 0 Å². The average molecular weight is 326 g/mol. The van der Waals surface area contributed by atoms with Crippen LogP contribution in [0.4, 0.5) is 0 Å². The molecule has 1 aliphatic rings. The van der Waals surface area contributed by atoms with Gasteiger partial charge in [0.15, 0.2) is 0 Å². The number of carbonyl (C=O) groups excluding carboxylic acids is 1. The lowest BCUT2D eigenvalue weighted by Crippen LogP contribution is -2.39. The van der Waals surface area contributed by atoms with E-state index in [-0.39, 0.29) is 11.9 Å². The first kappa shape index (κ1) is 16.7. The topological polar surface area (TPSA) is 41.4 Å². The van der Waals surface area contributed by atoms with Crippen molar-refractivity contribution in [3.63, 3.8) is 0 Å². The molecule has 1 atom stereocenters. The summed E-state index contributed by atoms with van der Waals surface area (Å²) in [5, 5.41) is 4.18. The summed E-state index contributed by atoms with van der Waals surface area (Å²) in [6, 6.07) is 8.72. The highest BCUT2D eigenvalue weighted by molar-refractivity contribution is 5.78. The normalized spacial score (nSPS) is 16.9. The van der Waals surface area contributed by atoms with Crippen LogP contribution >= 0.6 is 0 Å². The summed E-state index contributed by atoms with van der Waals surface area (Å²) in [7, 11) is 5.82. The van der Waals surface area contributed by atoms with Crippen molar-refractivity contribution in [1.82, 2.24) is 19.6 Å². The SMILES string of the molecule is CN(CC(=O)N(C)C1CCCc2ccccc21)Cc1cnn(C)c1. The summed E-state index contributed by atoms with van der Waals surface area (Å²) in [6.45, 7) is 1.15. The fourth-order valence-corrected chi connectivity index (χ4v) is 3.57. The molecule has 1 heterocycles. The second-order valence-electron chi connectivity index (χ2n) is 6.81. The third-order valence-electron chi connectivity index (χ3n) is 4.81. The monoisotopic (exact) mass is 326 g/mol. The number of amides is 1. The van der Waals surface area contributed by atoms with Crippen LogP contribution in [0.2, 0.25) is 0 Å². The van der Waals surface area contributed by atoms with Gasteiger partial charge in [0.1, 0.15) is 0 Å². The van der Waals surface area contributed by atoms with Gasteiger partial charge in [-0.25, -0.2) is 0 Å². The molecule has 1 amide bonds. The molecule has 0 spiro atoms. The minimum atomic E-state index is 0.170. The van der Waals surface area contributed by atoms with Crippen LogP contribution in [-0.4, -0.2) is 46.1 Å². The fraction of sp³-hybridized carbons (Fsp3) is 0.474. The smallest absolute Gasteiger partial charge is 0.237 e. The van der Waals surface area contributed by atoms with E-state index in [0.717, 1.165) is 31.4 Å². The Kier molecular flexibility index (Phi) is 5.00. The van der Waals surface area contributed by atoms with Gasteiger partial charge in [0.2, 0.25) is 5.91 Å². The molecule has 0 aliphatic heterocycles. The highest BCUT2D eigenvalue weighted by Gasteiger charge is 2.26. The zero-order chi connectivity index (χ0) is 17.1. The standard InChI is InChI=1S/C19H26N4O/c1-21(12-15-11-20-22(2)13-15)14-19(24)23(3)18-10-6-8-16-7-4-5-9-17(16)18/h4-5,7,9,11,13,18H,6,8,10,12,14H2,1-3H3. The predicted octanol–water partition coefficient (Wildman–Crippen LogP) is 2.39. The first-order chi connectivity index (χ1) is 11.5. The van der Waals surface area contributed by atoms with Crippen molar-refractivity contribution < 1.29 is 4.79 Å². The number of rotatable bonds is 5. The Morgan fingerprint density at radius 2 is 2.12 bits per heavy atom. The summed E-state index contributed by atoms with van der Waals surface area (Å²) in [5.74, 6) is 0.170. The Labute approximate surface area is 143 Å². The van der Waals surface area contributed by atoms with Crippen LogP contribution in [-0.2, 0) is 24.8 Å². The first-order valence-electron chi connectivity index (χ1n) is 8.54. The molecule has 0 N–H and O–H groups in total. The minimum absolute atomic E-state index is 0.170. The maximum atomic E-state index is 12.7. The van der Waals surface area contributed by atoms with Crippen LogP contribution in [0.15, 0.2) is 36.7 Å². The van der Waals surface area contributed by atoms with E-state index in [9.17, 15) is 4.79 Å². The van der Waals surface area contributed by atoms with Gasteiger partial charge in [-0.1, -0.05) is 24.3 Å². The summed E-state index contributed by atoms with van der Waals surface area (Å²) < 4.78 is 1.79. The van der Waals surface area contributed by atoms with Crippen LogP contribution in [0.25, 0.3) is 0 Å². The van der Waals surface area contributed by atoms with E-state index in [1.807, 2.05) is 43.3 Å². The predicted molar refractivity (Wildman–Crippen MR) is 94.4 cm³/mol. The van der Waals surface area contributed by atoms with Gasteiger partial charge >= 0.3 is 0 Å². The number of likely N-dealkylation sites (N-methyl/N-ethyl adjacent to an activating group) is 2. The zero-order valence-corrected chi connectivity index (χ0v) is 14.8. The van der Waals surface area contributed by atoms with Crippen molar-refractivity contribution in [1.29, 1.82) is 0 Å². The summed E-state index contributed by atoms with van der Waals surface area (Å²) >= 11 is 0. The quantitative estimate of drug-likeness (QED) is 0.847. The van der Waals surface area contributed by atoms with E-state index in [1.54, 1.807) is 4.68 Å². The molecule has 2 aromatic rings. The first-order valence-corrected chi connectivity index (χ1v) is 8.54. The van der Waals surface area contributed by atoms with Crippen molar-refractivity contribution in [2.75, 3.05) is 20.6 Å². The van der Waals surface area contributed by atoms with Crippen molar-refractivity contribution in [3.8, 4) is 0 Å². The Balaban J connectivity index is 1.63. The van der Waals surface area contributed by atoms with Gasteiger partial charge in [-0.3, -0.25) is 14.4 Å². The number of benzene rings is 1. The molecule has 5 nitrogen and oxygen atoms in total. The van der Waals surface area contributed by atoms with Gasteiger partial charge in [0.05, 0.1) is 18.8 Å². The third-order valence-corrected chi connectivity index (χ3v) is 4.81. The molecular formula is C19H26N4O. The number of aromatic nitrogens is 2. The van der Waals surface area contributed by atoms with Crippen molar-refractivity contribution in [2.24, 2.45) is 7.05 Å². The van der Waals surface area contributed by atoms with Gasteiger partial charge in [0, 0.05) is 32.4 Å². The average Bonchev–Trinajstić information content (AvgIpc) is 2.98. The Morgan fingerprint density at radius 3 is 2.88 bits per heavy atom. The number of fused-ring (bicyclic) bond motifs is 1. The largest absolute Gasteiger partial charge is 0.338 e. The lowest BCUT2D eigenvalue weighted by Gasteiger charge is -2.34. The molecule has 0 fully saturated rings. The Hall–Kier alpha value is -2.14. The van der Waals surface area contributed by atoms with Crippen LogP contribution in [0.1, 0.15) is 35.6 Å². The molecule has 3 rings (SSSR count). The maximum Gasteiger partial charge on any atom is 0.237 e. The number of aryl methyl sites for hydroxylation is 2. The molecule has 0 saturated heterocycles. The molecule has 1 aromatic heterocycles. The van der Waals surface area contributed by atoms with Gasteiger partial charge in [-0.15, -0.1) is 0 Å². The van der Waals surface area contributed by atoms with Crippen molar-refractivity contribution >= 4 is 5.91 Å². The van der Waals surface area contributed by atoms with Gasteiger partial charge in [0.25, 0.3) is 0 Å². The molecule has 0 radical (unpaired) electrons. The van der Waals surface area contributed by atoms with Crippen LogP contribution in [0, 0.1) is 0 Å². The molecule has 1 aromatic carbocycles. The molecular weight excluding hydrogens is 300 g/mol. The molecule has 5 heteroatoms. The lowest BCUT2D eigenvalue weighted by atomic mass is 9.87. The Bertz CT molecular complexity index is 709. The van der Waals surface area contributed by atoms with Gasteiger partial charge < -0.3 is 4.90 Å². The highest BCUT2D eigenvalue weighted by Crippen LogP contribution is 2.33. The number of hydrogen-bond donors (Lipinski definition) is 0. The van der Waals surface area contributed by atoms with Gasteiger partial charge in [-0.05, 0) is 37.4 Å². The molecule has 0 bridgehead atoms. The van der Waals surface area contributed by atoms with Crippen molar-refractivity contribution in [3.05, 3.63) is 53.3 Å². The van der Waals surface area contributed by atoms with E-state index < -0.39 is 0 Å².